The summed E-state index contributed by atoms with van der Waals surface area (Å²) in [5, 5.41) is 19.8. The molecule has 0 radical (unpaired) electrons. The van der Waals surface area contributed by atoms with Gasteiger partial charge in [-0.05, 0) is 13.0 Å². The lowest BCUT2D eigenvalue weighted by atomic mass is 10.1. The highest BCUT2D eigenvalue weighted by Crippen LogP contribution is 2.20. The van der Waals surface area contributed by atoms with Gasteiger partial charge in [0.25, 0.3) is 11.6 Å². The van der Waals surface area contributed by atoms with Gasteiger partial charge in [-0.2, -0.15) is 0 Å². The highest BCUT2D eigenvalue weighted by molar-refractivity contribution is 5.95. The van der Waals surface area contributed by atoms with E-state index in [1.54, 1.807) is 6.92 Å². The molecule has 1 aliphatic heterocycles. The summed E-state index contributed by atoms with van der Waals surface area (Å²) in [5.41, 5.74) is -0.564. The van der Waals surface area contributed by atoms with Crippen LogP contribution in [0.1, 0.15) is 17.3 Å². The Balaban J connectivity index is 2.25. The molecule has 1 aromatic carbocycles. The minimum Gasteiger partial charge on any atom is -0.394 e. The fourth-order valence-electron chi connectivity index (χ4n) is 2.30. The van der Waals surface area contributed by atoms with Gasteiger partial charge in [-0.15, -0.1) is 0 Å². The van der Waals surface area contributed by atoms with E-state index in [0.717, 1.165) is 18.2 Å². The third-order valence-electron chi connectivity index (χ3n) is 3.16. The maximum absolute atomic E-state index is 13.4. The Morgan fingerprint density at radius 3 is 2.86 bits per heavy atom. The van der Waals surface area contributed by atoms with Crippen LogP contribution in [0, 0.1) is 15.9 Å². The zero-order chi connectivity index (χ0) is 15.6. The van der Waals surface area contributed by atoms with Crippen LogP contribution in [0.5, 0.6) is 0 Å². The minimum absolute atomic E-state index is 0.0903. The molecule has 2 unspecified atom stereocenters. The van der Waals surface area contributed by atoms with E-state index in [0.29, 0.717) is 0 Å². The van der Waals surface area contributed by atoms with Crippen molar-refractivity contribution in [3.8, 4) is 0 Å². The molecule has 1 heterocycles. The number of rotatable bonds is 3. The van der Waals surface area contributed by atoms with Crippen LogP contribution in [0.25, 0.3) is 0 Å². The van der Waals surface area contributed by atoms with Crippen molar-refractivity contribution in [3.63, 3.8) is 0 Å². The Kier molecular flexibility index (Phi) is 4.49. The zero-order valence-corrected chi connectivity index (χ0v) is 11.4. The second kappa shape index (κ2) is 6.15. The molecule has 0 aliphatic carbocycles. The first-order valence-corrected chi connectivity index (χ1v) is 6.41. The molecule has 1 aromatic rings. The number of nitrogens with zero attached hydrogens (tertiary/aromatic N) is 2. The summed E-state index contributed by atoms with van der Waals surface area (Å²) in [6.45, 7) is 1.94. The summed E-state index contributed by atoms with van der Waals surface area (Å²) >= 11 is 0. The van der Waals surface area contributed by atoms with Crippen LogP contribution < -0.4 is 0 Å². The van der Waals surface area contributed by atoms with E-state index >= 15 is 0 Å². The van der Waals surface area contributed by atoms with E-state index < -0.39 is 28.4 Å². The SMILES string of the molecule is CC1CN(C(=O)c2cc(F)cc([N+](=O)[O-])c2)CC(CO)O1. The average molecular weight is 298 g/mol. The van der Waals surface area contributed by atoms with Gasteiger partial charge in [-0.3, -0.25) is 14.9 Å². The summed E-state index contributed by atoms with van der Waals surface area (Å²) in [6, 6.07) is 2.76. The Labute approximate surface area is 120 Å². The molecule has 8 heteroatoms. The number of halogens is 1. The number of aliphatic hydroxyl groups is 1. The number of nitro groups is 1. The van der Waals surface area contributed by atoms with Gasteiger partial charge < -0.3 is 14.7 Å². The summed E-state index contributed by atoms with van der Waals surface area (Å²) in [7, 11) is 0. The van der Waals surface area contributed by atoms with Crippen LogP contribution in [0.15, 0.2) is 18.2 Å². The first-order valence-electron chi connectivity index (χ1n) is 6.41. The lowest BCUT2D eigenvalue weighted by Crippen LogP contribution is -2.50. The lowest BCUT2D eigenvalue weighted by molar-refractivity contribution is -0.385. The molecule has 2 atom stereocenters. The predicted molar refractivity (Wildman–Crippen MR) is 70.4 cm³/mol. The quantitative estimate of drug-likeness (QED) is 0.662. The summed E-state index contributed by atoms with van der Waals surface area (Å²) in [6.07, 6.45) is -0.787. The van der Waals surface area contributed by atoms with Gasteiger partial charge in [0, 0.05) is 24.7 Å². The highest BCUT2D eigenvalue weighted by Gasteiger charge is 2.29. The summed E-state index contributed by atoms with van der Waals surface area (Å²) < 4.78 is 18.8. The fourth-order valence-corrected chi connectivity index (χ4v) is 2.30. The lowest BCUT2D eigenvalue weighted by Gasteiger charge is -2.36. The van der Waals surface area contributed by atoms with Crippen molar-refractivity contribution in [2.24, 2.45) is 0 Å². The Hall–Kier alpha value is -2.06. The summed E-state index contributed by atoms with van der Waals surface area (Å²) in [4.78, 5) is 23.7. The molecule has 7 nitrogen and oxygen atoms in total. The van der Waals surface area contributed by atoms with Gasteiger partial charge in [0.2, 0.25) is 0 Å². The monoisotopic (exact) mass is 298 g/mol. The van der Waals surface area contributed by atoms with Gasteiger partial charge in [-0.1, -0.05) is 0 Å². The molecule has 2 rings (SSSR count). The van der Waals surface area contributed by atoms with Crippen LogP contribution in [-0.4, -0.2) is 52.7 Å². The minimum atomic E-state index is -0.840. The average Bonchev–Trinajstić information content (AvgIpc) is 2.45. The van der Waals surface area contributed by atoms with Gasteiger partial charge in [0.1, 0.15) is 5.82 Å². The molecule has 1 N–H and O–H groups in total. The van der Waals surface area contributed by atoms with Gasteiger partial charge >= 0.3 is 0 Å². The van der Waals surface area contributed by atoms with E-state index in [1.165, 1.54) is 4.90 Å². The van der Waals surface area contributed by atoms with Crippen molar-refractivity contribution in [2.75, 3.05) is 19.7 Å². The number of benzene rings is 1. The number of ether oxygens (including phenoxy) is 1. The third kappa shape index (κ3) is 3.53. The standard InChI is InChI=1S/C13H15FN2O5/c1-8-5-15(6-12(7-17)21-8)13(18)9-2-10(14)4-11(3-9)16(19)20/h2-4,8,12,17H,5-7H2,1H3. The van der Waals surface area contributed by atoms with Crippen LogP contribution in [0.3, 0.4) is 0 Å². The maximum atomic E-state index is 13.4. The van der Waals surface area contributed by atoms with Crippen molar-refractivity contribution in [2.45, 2.75) is 19.1 Å². The molecule has 114 valence electrons. The molecule has 0 aromatic heterocycles. The van der Waals surface area contributed by atoms with Crippen molar-refractivity contribution in [1.29, 1.82) is 0 Å². The van der Waals surface area contributed by atoms with E-state index in [1.807, 2.05) is 0 Å². The normalized spacial score (nSPS) is 22.1. The fraction of sp³-hybridized carbons (Fsp3) is 0.462. The topological polar surface area (TPSA) is 92.9 Å². The molecule has 1 saturated heterocycles. The molecule has 0 spiro atoms. The Bertz CT molecular complexity index is 565. The van der Waals surface area contributed by atoms with Crippen molar-refractivity contribution in [3.05, 3.63) is 39.7 Å². The first kappa shape index (κ1) is 15.3. The highest BCUT2D eigenvalue weighted by atomic mass is 19.1. The molecular weight excluding hydrogens is 283 g/mol. The number of carbonyl (C=O) groups is 1. The number of nitro benzene ring substituents is 1. The number of hydrogen-bond acceptors (Lipinski definition) is 5. The van der Waals surface area contributed by atoms with E-state index in [4.69, 9.17) is 9.84 Å². The smallest absolute Gasteiger partial charge is 0.273 e. The van der Waals surface area contributed by atoms with Crippen LogP contribution in [0.4, 0.5) is 10.1 Å². The molecular formula is C13H15FN2O5. The molecule has 0 saturated carbocycles. The number of carbonyl (C=O) groups excluding carboxylic acids is 1. The largest absolute Gasteiger partial charge is 0.394 e. The Morgan fingerprint density at radius 1 is 1.52 bits per heavy atom. The third-order valence-corrected chi connectivity index (χ3v) is 3.16. The number of non-ortho nitro benzene ring substituents is 1. The van der Waals surface area contributed by atoms with Gasteiger partial charge in [0.15, 0.2) is 0 Å². The number of morpholine rings is 1. The number of amides is 1. The first-order chi connectivity index (χ1) is 9.90. The van der Waals surface area contributed by atoms with Crippen LogP contribution >= 0.6 is 0 Å². The van der Waals surface area contributed by atoms with E-state index in [-0.39, 0.29) is 31.4 Å². The zero-order valence-electron chi connectivity index (χ0n) is 11.4. The second-order valence-electron chi connectivity index (χ2n) is 4.92. The van der Waals surface area contributed by atoms with E-state index in [9.17, 15) is 19.3 Å². The number of aliphatic hydroxyl groups excluding tert-OH is 1. The van der Waals surface area contributed by atoms with E-state index in [2.05, 4.69) is 0 Å². The predicted octanol–water partition coefficient (Wildman–Crippen LogP) is 0.956. The van der Waals surface area contributed by atoms with Crippen molar-refractivity contribution < 1.29 is 24.0 Å². The molecule has 1 fully saturated rings. The van der Waals surface area contributed by atoms with Crippen molar-refractivity contribution in [1.82, 2.24) is 4.90 Å². The molecule has 1 amide bonds. The van der Waals surface area contributed by atoms with Crippen molar-refractivity contribution >= 4 is 11.6 Å². The maximum Gasteiger partial charge on any atom is 0.273 e. The molecule has 1 aliphatic rings. The van der Waals surface area contributed by atoms with Gasteiger partial charge in [0.05, 0.1) is 29.8 Å². The van der Waals surface area contributed by atoms with Crippen LogP contribution in [0.2, 0.25) is 0 Å². The Morgan fingerprint density at radius 2 is 2.24 bits per heavy atom. The molecule has 0 bridgehead atoms. The second-order valence-corrected chi connectivity index (χ2v) is 4.92. The summed E-state index contributed by atoms with van der Waals surface area (Å²) in [5.74, 6) is -1.36. The molecule has 21 heavy (non-hydrogen) atoms. The van der Waals surface area contributed by atoms with Gasteiger partial charge in [-0.25, -0.2) is 4.39 Å². The van der Waals surface area contributed by atoms with Crippen LogP contribution in [-0.2, 0) is 4.74 Å². The number of hydrogen-bond donors (Lipinski definition) is 1.